The molecule has 0 spiro atoms. The molecule has 0 bridgehead atoms. The maximum atomic E-state index is 12.5. The fourth-order valence-electron chi connectivity index (χ4n) is 3.39. The molecule has 29 heavy (non-hydrogen) atoms. The first-order valence-electron chi connectivity index (χ1n) is 8.80. The summed E-state index contributed by atoms with van der Waals surface area (Å²) >= 11 is 0. The van der Waals surface area contributed by atoms with Crippen molar-refractivity contribution in [2.45, 2.75) is 0 Å². The van der Waals surface area contributed by atoms with Gasteiger partial charge in [-0.25, -0.2) is 4.79 Å². The molecule has 0 aliphatic heterocycles. The summed E-state index contributed by atoms with van der Waals surface area (Å²) in [4.78, 5) is 12.5. The van der Waals surface area contributed by atoms with Crippen molar-refractivity contribution in [3.8, 4) is 34.1 Å². The molecule has 3 aromatic carbocycles. The summed E-state index contributed by atoms with van der Waals surface area (Å²) in [5.74, 6) is 0.835. The second kappa shape index (κ2) is 8.14. The summed E-state index contributed by atoms with van der Waals surface area (Å²) < 4.78 is 21.5. The number of ether oxygens (including phenoxy) is 4. The lowest BCUT2D eigenvalue weighted by Gasteiger charge is -2.19. The van der Waals surface area contributed by atoms with Crippen molar-refractivity contribution in [3.63, 3.8) is 0 Å². The number of rotatable bonds is 6. The van der Waals surface area contributed by atoms with Crippen LogP contribution in [0.1, 0.15) is 15.9 Å². The number of carbonyl (C=O) groups excluding carboxylic acids is 1. The van der Waals surface area contributed by atoms with Gasteiger partial charge in [0.1, 0.15) is 23.0 Å². The highest BCUT2D eigenvalue weighted by molar-refractivity contribution is 6.07. The van der Waals surface area contributed by atoms with Crippen LogP contribution in [-0.4, -0.2) is 39.5 Å². The molecule has 0 aliphatic carbocycles. The van der Waals surface area contributed by atoms with E-state index < -0.39 is 5.97 Å². The Hall–Kier alpha value is -3.67. The van der Waals surface area contributed by atoms with E-state index in [4.69, 9.17) is 18.9 Å². The molecule has 150 valence electrons. The molecule has 0 radical (unpaired) electrons. The molecule has 0 amide bonds. The predicted octanol–water partition coefficient (Wildman–Crippen LogP) is 4.67. The second-order valence-electron chi connectivity index (χ2n) is 6.20. The van der Waals surface area contributed by atoms with Gasteiger partial charge in [0.25, 0.3) is 0 Å². The van der Waals surface area contributed by atoms with Crippen LogP contribution in [0, 0.1) is 0 Å². The summed E-state index contributed by atoms with van der Waals surface area (Å²) in [5.41, 5.74) is 1.68. The minimum atomic E-state index is -0.564. The first kappa shape index (κ1) is 20.1. The fourth-order valence-corrected chi connectivity index (χ4v) is 3.39. The summed E-state index contributed by atoms with van der Waals surface area (Å²) in [7, 11) is 5.86. The number of hydrogen-bond acceptors (Lipinski definition) is 6. The predicted molar refractivity (Wildman–Crippen MR) is 112 cm³/mol. The third-order valence-electron chi connectivity index (χ3n) is 4.75. The lowest BCUT2D eigenvalue weighted by molar-refractivity contribution is 0.0601. The monoisotopic (exact) mass is 394 g/mol. The van der Waals surface area contributed by atoms with Crippen molar-refractivity contribution in [2.24, 2.45) is 0 Å². The zero-order valence-corrected chi connectivity index (χ0v) is 16.7. The van der Waals surface area contributed by atoms with Crippen LogP contribution in [0.4, 0.5) is 0 Å². The number of esters is 1. The van der Waals surface area contributed by atoms with Crippen LogP contribution in [0.15, 0.2) is 43.0 Å². The maximum absolute atomic E-state index is 12.5. The number of benzene rings is 3. The summed E-state index contributed by atoms with van der Waals surface area (Å²) in [6.45, 7) is 3.75. The van der Waals surface area contributed by atoms with Crippen LogP contribution in [0.25, 0.3) is 28.0 Å². The van der Waals surface area contributed by atoms with E-state index in [1.807, 2.05) is 0 Å². The number of fused-ring (bicyclic) bond motifs is 1. The van der Waals surface area contributed by atoms with Gasteiger partial charge in [-0.1, -0.05) is 24.8 Å². The smallest absolute Gasteiger partial charge is 0.338 e. The van der Waals surface area contributed by atoms with Crippen LogP contribution in [-0.2, 0) is 4.74 Å². The first-order valence-corrected chi connectivity index (χ1v) is 8.80. The maximum Gasteiger partial charge on any atom is 0.338 e. The average Bonchev–Trinajstić information content (AvgIpc) is 2.77. The van der Waals surface area contributed by atoms with Gasteiger partial charge in [0, 0.05) is 16.5 Å². The highest BCUT2D eigenvalue weighted by Gasteiger charge is 2.25. The number of phenolic OH excluding ortho intramolecular Hbond substituents is 1. The quantitative estimate of drug-likeness (QED) is 0.613. The molecular weight excluding hydrogens is 372 g/mol. The Bertz CT molecular complexity index is 1100. The van der Waals surface area contributed by atoms with Crippen molar-refractivity contribution in [3.05, 3.63) is 54.1 Å². The van der Waals surface area contributed by atoms with Gasteiger partial charge in [-0.05, 0) is 29.8 Å². The van der Waals surface area contributed by atoms with Gasteiger partial charge in [-0.2, -0.15) is 0 Å². The first-order chi connectivity index (χ1) is 14.0. The molecule has 1 N–H and O–H groups in total. The van der Waals surface area contributed by atoms with Gasteiger partial charge in [0.2, 0.25) is 0 Å². The van der Waals surface area contributed by atoms with Gasteiger partial charge < -0.3 is 24.1 Å². The van der Waals surface area contributed by atoms with Gasteiger partial charge in [-0.15, -0.1) is 0 Å². The largest absolute Gasteiger partial charge is 0.507 e. The number of methoxy groups -OCH3 is 4. The molecule has 0 fully saturated rings. The van der Waals surface area contributed by atoms with E-state index in [0.717, 1.165) is 0 Å². The molecule has 6 heteroatoms. The van der Waals surface area contributed by atoms with Gasteiger partial charge in [0.15, 0.2) is 0 Å². The normalized spacial score (nSPS) is 10.5. The van der Waals surface area contributed by atoms with Gasteiger partial charge in [-0.3, -0.25) is 0 Å². The SMILES string of the molecule is C=Cc1cc(OC)c(-c2cc(OC)c3c(OC)cccc3c2O)c(C(=O)OC)c1. The highest BCUT2D eigenvalue weighted by atomic mass is 16.5. The van der Waals surface area contributed by atoms with E-state index in [0.29, 0.717) is 44.7 Å². The van der Waals surface area contributed by atoms with E-state index in [9.17, 15) is 9.90 Å². The highest BCUT2D eigenvalue weighted by Crippen LogP contribution is 2.48. The summed E-state index contributed by atoms with van der Waals surface area (Å²) in [6, 6.07) is 10.3. The van der Waals surface area contributed by atoms with Crippen molar-refractivity contribution >= 4 is 22.8 Å². The fraction of sp³-hybridized carbons (Fsp3) is 0.174. The standard InChI is InChI=1S/C23H22O6/c1-6-13-10-16(23(25)29-5)20(18(11-13)27-3)15-12-19(28-4)21-14(22(15)24)8-7-9-17(21)26-2/h6-12,24H,1H2,2-5H3. The summed E-state index contributed by atoms with van der Waals surface area (Å²) in [6.07, 6.45) is 1.60. The Morgan fingerprint density at radius 2 is 1.66 bits per heavy atom. The van der Waals surface area contributed by atoms with Crippen LogP contribution < -0.4 is 14.2 Å². The minimum Gasteiger partial charge on any atom is -0.507 e. The van der Waals surface area contributed by atoms with E-state index in [1.54, 1.807) is 49.6 Å². The van der Waals surface area contributed by atoms with E-state index in [-0.39, 0.29) is 11.3 Å². The number of carbonyl (C=O) groups is 1. The van der Waals surface area contributed by atoms with Gasteiger partial charge in [0.05, 0.1) is 39.4 Å². The molecule has 0 heterocycles. The number of hydrogen-bond donors (Lipinski definition) is 1. The molecule has 0 atom stereocenters. The third kappa shape index (κ3) is 3.33. The van der Waals surface area contributed by atoms with E-state index in [1.165, 1.54) is 21.3 Å². The Kier molecular flexibility index (Phi) is 5.64. The van der Waals surface area contributed by atoms with Crippen molar-refractivity contribution in [1.29, 1.82) is 0 Å². The summed E-state index contributed by atoms with van der Waals surface area (Å²) in [5, 5.41) is 12.3. The van der Waals surface area contributed by atoms with Crippen LogP contribution in [0.2, 0.25) is 0 Å². The van der Waals surface area contributed by atoms with Crippen LogP contribution in [0.5, 0.6) is 23.0 Å². The molecular formula is C23H22O6. The Balaban J connectivity index is 2.47. The van der Waals surface area contributed by atoms with E-state index in [2.05, 4.69) is 6.58 Å². The number of aromatic hydroxyl groups is 1. The van der Waals surface area contributed by atoms with Crippen molar-refractivity contribution in [1.82, 2.24) is 0 Å². The lowest BCUT2D eigenvalue weighted by Crippen LogP contribution is -2.06. The topological polar surface area (TPSA) is 74.2 Å². The van der Waals surface area contributed by atoms with E-state index >= 15 is 0 Å². The van der Waals surface area contributed by atoms with Crippen molar-refractivity contribution < 1.29 is 28.8 Å². The Morgan fingerprint density at radius 3 is 2.24 bits per heavy atom. The second-order valence-corrected chi connectivity index (χ2v) is 6.20. The van der Waals surface area contributed by atoms with Gasteiger partial charge >= 0.3 is 5.97 Å². The van der Waals surface area contributed by atoms with Crippen LogP contribution >= 0.6 is 0 Å². The lowest BCUT2D eigenvalue weighted by atomic mass is 9.92. The molecule has 3 aromatic rings. The Labute approximate surface area is 168 Å². The molecule has 3 rings (SSSR count). The third-order valence-corrected chi connectivity index (χ3v) is 4.75. The molecule has 0 aliphatic rings. The zero-order chi connectivity index (χ0) is 21.1. The molecule has 6 nitrogen and oxygen atoms in total. The average molecular weight is 394 g/mol. The van der Waals surface area contributed by atoms with Crippen LogP contribution in [0.3, 0.4) is 0 Å². The molecule has 0 saturated carbocycles. The molecule has 0 unspecified atom stereocenters. The zero-order valence-electron chi connectivity index (χ0n) is 16.7. The minimum absolute atomic E-state index is 0.0329. The van der Waals surface area contributed by atoms with Crippen molar-refractivity contribution in [2.75, 3.05) is 28.4 Å². The Morgan fingerprint density at radius 1 is 0.966 bits per heavy atom. The molecule has 0 aromatic heterocycles. The number of phenols is 1. The molecule has 0 saturated heterocycles.